The number of hydrogen-bond acceptors (Lipinski definition) is 5. The summed E-state index contributed by atoms with van der Waals surface area (Å²) in [4.78, 5) is 21.3. The average molecular weight is 369 g/mol. The highest BCUT2D eigenvalue weighted by Gasteiger charge is 2.24. The third-order valence-electron chi connectivity index (χ3n) is 4.94. The third kappa shape index (κ3) is 5.10. The predicted molar refractivity (Wildman–Crippen MR) is 102 cm³/mol. The van der Waals surface area contributed by atoms with E-state index in [2.05, 4.69) is 21.5 Å². The predicted octanol–water partition coefficient (Wildman–Crippen LogP) is 3.02. The van der Waals surface area contributed by atoms with E-state index in [9.17, 15) is 4.79 Å². The Balaban J connectivity index is 1.36. The van der Waals surface area contributed by atoms with Crippen molar-refractivity contribution in [2.24, 2.45) is 5.92 Å². The highest BCUT2D eigenvalue weighted by molar-refractivity contribution is 7.97. The third-order valence-corrected chi connectivity index (χ3v) is 6.58. The molecule has 0 spiro atoms. The van der Waals surface area contributed by atoms with Crippen molar-refractivity contribution in [1.82, 2.24) is 20.1 Å². The fraction of sp³-hybridized carbons (Fsp3) is 0.765. The molecule has 7 heteroatoms. The van der Waals surface area contributed by atoms with Crippen LogP contribution in [-0.4, -0.2) is 59.8 Å². The van der Waals surface area contributed by atoms with Gasteiger partial charge in [-0.15, -0.1) is 11.3 Å². The maximum atomic E-state index is 12.3. The first-order valence-corrected chi connectivity index (χ1v) is 11.2. The lowest BCUT2D eigenvalue weighted by Gasteiger charge is -2.35. The molecular formula is C17H28N4OS2. The van der Waals surface area contributed by atoms with E-state index >= 15 is 0 Å². The summed E-state index contributed by atoms with van der Waals surface area (Å²) in [5.41, 5.74) is 0.970. The lowest BCUT2D eigenvalue weighted by molar-refractivity contribution is 0.127. The first kappa shape index (κ1) is 18.0. The summed E-state index contributed by atoms with van der Waals surface area (Å²) < 4.78 is 0. The van der Waals surface area contributed by atoms with Gasteiger partial charge in [0.15, 0.2) is 0 Å². The van der Waals surface area contributed by atoms with E-state index in [4.69, 9.17) is 0 Å². The molecule has 0 atom stereocenters. The van der Waals surface area contributed by atoms with E-state index in [1.54, 1.807) is 23.1 Å². The molecule has 0 unspecified atom stereocenters. The van der Waals surface area contributed by atoms with E-state index in [1.165, 1.54) is 32.2 Å². The van der Waals surface area contributed by atoms with Gasteiger partial charge in [0.1, 0.15) is 5.01 Å². The summed E-state index contributed by atoms with van der Waals surface area (Å²) in [5.74, 6) is 1.84. The van der Waals surface area contributed by atoms with E-state index in [-0.39, 0.29) is 6.03 Å². The molecule has 0 aromatic carbocycles. The second kappa shape index (κ2) is 9.06. The van der Waals surface area contributed by atoms with Crippen molar-refractivity contribution in [3.8, 4) is 0 Å². The molecule has 1 saturated carbocycles. The van der Waals surface area contributed by atoms with Gasteiger partial charge in [0.05, 0.1) is 12.2 Å². The second-order valence-electron chi connectivity index (χ2n) is 6.76. The molecule has 134 valence electrons. The number of amides is 2. The number of thiazole rings is 1. The van der Waals surface area contributed by atoms with Crippen molar-refractivity contribution < 1.29 is 4.79 Å². The van der Waals surface area contributed by atoms with Gasteiger partial charge in [-0.3, -0.25) is 4.90 Å². The monoisotopic (exact) mass is 368 g/mol. The molecule has 24 heavy (non-hydrogen) atoms. The normalized spacial score (nSPS) is 19.8. The van der Waals surface area contributed by atoms with Crippen LogP contribution < -0.4 is 5.32 Å². The number of urea groups is 1. The largest absolute Gasteiger partial charge is 0.332 e. The fourth-order valence-electron chi connectivity index (χ4n) is 3.59. The van der Waals surface area contributed by atoms with Crippen LogP contribution in [0, 0.1) is 5.92 Å². The smallest absolute Gasteiger partial charge is 0.317 e. The lowest BCUT2D eigenvalue weighted by atomic mass is 10.1. The molecule has 2 amide bonds. The lowest BCUT2D eigenvalue weighted by Crippen LogP contribution is -2.52. The molecule has 1 N–H and O–H groups in total. The summed E-state index contributed by atoms with van der Waals surface area (Å²) in [5, 5.41) is 6.20. The Bertz CT molecular complexity index is 522. The van der Waals surface area contributed by atoms with Crippen LogP contribution in [0.5, 0.6) is 0 Å². The highest BCUT2D eigenvalue weighted by atomic mass is 32.2. The zero-order chi connectivity index (χ0) is 16.8. The Hall–Kier alpha value is -0.790. The molecule has 1 aromatic heterocycles. The Morgan fingerprint density at radius 3 is 2.79 bits per heavy atom. The van der Waals surface area contributed by atoms with Gasteiger partial charge >= 0.3 is 6.03 Å². The molecule has 5 nitrogen and oxygen atoms in total. The number of carbonyl (C=O) groups excluding carboxylic acids is 1. The standard InChI is InChI=1S/C17H28N4OS2/c1-23-13-16-19-15(12-24-16)10-18-17(22)21-8-6-20(7-9-21)11-14-4-2-3-5-14/h12,14H,2-11,13H2,1H3,(H,18,22). The number of aromatic nitrogens is 1. The minimum absolute atomic E-state index is 0.0509. The van der Waals surface area contributed by atoms with Gasteiger partial charge in [-0.25, -0.2) is 9.78 Å². The summed E-state index contributed by atoms with van der Waals surface area (Å²) >= 11 is 3.45. The molecule has 1 aliphatic heterocycles. The van der Waals surface area contributed by atoms with Crippen molar-refractivity contribution in [3.05, 3.63) is 16.1 Å². The molecule has 2 aliphatic rings. The van der Waals surface area contributed by atoms with Crippen LogP contribution >= 0.6 is 23.1 Å². The Labute approximate surface area is 153 Å². The molecule has 2 fully saturated rings. The van der Waals surface area contributed by atoms with Gasteiger partial charge in [0.2, 0.25) is 0 Å². The van der Waals surface area contributed by atoms with Crippen LogP contribution in [0.4, 0.5) is 4.79 Å². The van der Waals surface area contributed by atoms with Gasteiger partial charge in [-0.1, -0.05) is 12.8 Å². The zero-order valence-corrected chi connectivity index (χ0v) is 16.1. The van der Waals surface area contributed by atoms with Gasteiger partial charge < -0.3 is 10.2 Å². The van der Waals surface area contributed by atoms with Crippen molar-refractivity contribution in [2.75, 3.05) is 39.0 Å². The number of nitrogens with one attached hydrogen (secondary N) is 1. The van der Waals surface area contributed by atoms with Crippen LogP contribution in [0.15, 0.2) is 5.38 Å². The van der Waals surface area contributed by atoms with E-state index in [1.807, 2.05) is 10.3 Å². The van der Waals surface area contributed by atoms with Crippen molar-refractivity contribution in [1.29, 1.82) is 0 Å². The number of piperazine rings is 1. The number of carbonyl (C=O) groups is 1. The quantitative estimate of drug-likeness (QED) is 0.838. The summed E-state index contributed by atoms with van der Waals surface area (Å²) in [6.45, 7) is 5.47. The molecule has 0 bridgehead atoms. The maximum absolute atomic E-state index is 12.3. The number of thioether (sulfide) groups is 1. The highest BCUT2D eigenvalue weighted by Crippen LogP contribution is 2.25. The second-order valence-corrected chi connectivity index (χ2v) is 8.57. The minimum atomic E-state index is 0.0509. The Morgan fingerprint density at radius 1 is 1.33 bits per heavy atom. The minimum Gasteiger partial charge on any atom is -0.332 e. The SMILES string of the molecule is CSCc1nc(CNC(=O)N2CCN(CC3CCCC3)CC2)cs1. The Morgan fingerprint density at radius 2 is 2.08 bits per heavy atom. The molecular weight excluding hydrogens is 340 g/mol. The number of rotatable bonds is 6. The van der Waals surface area contributed by atoms with Crippen LogP contribution in [0.3, 0.4) is 0 Å². The van der Waals surface area contributed by atoms with Crippen molar-refractivity contribution in [3.63, 3.8) is 0 Å². The topological polar surface area (TPSA) is 48.5 Å². The summed E-state index contributed by atoms with van der Waals surface area (Å²) in [6, 6.07) is 0.0509. The first-order valence-electron chi connectivity index (χ1n) is 8.92. The summed E-state index contributed by atoms with van der Waals surface area (Å²) in [6.07, 6.45) is 7.68. The van der Waals surface area contributed by atoms with Crippen LogP contribution in [0.1, 0.15) is 36.4 Å². The van der Waals surface area contributed by atoms with Gasteiger partial charge in [-0.2, -0.15) is 11.8 Å². The number of hydrogen-bond donors (Lipinski definition) is 1. The van der Waals surface area contributed by atoms with Gasteiger partial charge in [0, 0.05) is 43.9 Å². The zero-order valence-electron chi connectivity index (χ0n) is 14.5. The van der Waals surface area contributed by atoms with Gasteiger partial charge in [0.25, 0.3) is 0 Å². The first-order chi connectivity index (χ1) is 11.7. The van der Waals surface area contributed by atoms with Crippen LogP contribution in [0.2, 0.25) is 0 Å². The molecule has 2 heterocycles. The molecule has 3 rings (SSSR count). The molecule has 1 aromatic rings. The molecule has 1 saturated heterocycles. The van der Waals surface area contributed by atoms with Crippen molar-refractivity contribution >= 4 is 29.1 Å². The van der Waals surface area contributed by atoms with Crippen molar-refractivity contribution in [2.45, 2.75) is 38.0 Å². The molecule has 0 radical (unpaired) electrons. The van der Waals surface area contributed by atoms with E-state index in [0.29, 0.717) is 6.54 Å². The maximum Gasteiger partial charge on any atom is 0.317 e. The van der Waals surface area contributed by atoms with E-state index in [0.717, 1.165) is 48.6 Å². The average Bonchev–Trinajstić information content (AvgIpc) is 3.26. The van der Waals surface area contributed by atoms with Crippen LogP contribution in [0.25, 0.3) is 0 Å². The van der Waals surface area contributed by atoms with Crippen LogP contribution in [-0.2, 0) is 12.3 Å². The molecule has 1 aliphatic carbocycles. The fourth-order valence-corrected chi connectivity index (χ4v) is 5.10. The van der Waals surface area contributed by atoms with E-state index < -0.39 is 0 Å². The van der Waals surface area contributed by atoms with Gasteiger partial charge in [-0.05, 0) is 25.0 Å². The number of nitrogens with zero attached hydrogens (tertiary/aromatic N) is 3. The Kier molecular flexibility index (Phi) is 6.80. The summed E-state index contributed by atoms with van der Waals surface area (Å²) in [7, 11) is 0.